The van der Waals surface area contributed by atoms with Crippen LogP contribution in [0.15, 0.2) is 60.4 Å². The molecule has 10 heterocycles. The molecule has 0 bridgehead atoms. The number of benzene rings is 5. The van der Waals surface area contributed by atoms with Crippen molar-refractivity contribution < 1.29 is 170 Å². The molecule has 5 saturated heterocycles. The molecule has 658 valence electrons. The van der Waals surface area contributed by atoms with Crippen molar-refractivity contribution in [1.29, 1.82) is 0 Å². The van der Waals surface area contributed by atoms with Crippen LogP contribution in [0.4, 0.5) is 0 Å². The molecule has 15 unspecified atom stereocenters. The quantitative estimate of drug-likeness (QED) is 0.0586. The van der Waals surface area contributed by atoms with Gasteiger partial charge in [0.1, 0.15) is 0 Å². The molecular weight excluding hydrogens is 1490 g/mol. The zero-order valence-electron chi connectivity index (χ0n) is 139. The van der Waals surface area contributed by atoms with Crippen molar-refractivity contribution in [1.82, 2.24) is 24.5 Å². The summed E-state index contributed by atoms with van der Waals surface area (Å²) in [5, 5.41) is 56.5. The zero-order valence-corrected chi connectivity index (χ0v) is 67.7. The molecular formula is C98H151N5O15. The fraction of sp³-hybridized carbons (Fsp3) is 0.694. The van der Waals surface area contributed by atoms with Crippen molar-refractivity contribution in [3.8, 4) is 57.5 Å². The zero-order chi connectivity index (χ0) is 147. The summed E-state index contributed by atoms with van der Waals surface area (Å²) in [7, 11) is -1.17. The summed E-state index contributed by atoms with van der Waals surface area (Å²) in [6.45, 7) is -32.1. The van der Waals surface area contributed by atoms with Gasteiger partial charge in [-0.3, -0.25) is 24.5 Å². The number of aliphatic hydroxyl groups excluding tert-OH is 1. The summed E-state index contributed by atoms with van der Waals surface area (Å²) in [5.74, 6) is -19.7. The molecule has 15 atom stereocenters. The molecule has 0 amide bonds. The molecule has 0 spiro atoms. The highest BCUT2D eigenvalue weighted by Crippen LogP contribution is 2.51. The first kappa shape index (κ1) is 36.9. The number of hydrogen-bond acceptors (Lipinski definition) is 20. The Bertz CT molecular complexity index is 7300. The van der Waals surface area contributed by atoms with Gasteiger partial charge in [-0.2, -0.15) is 0 Å². The third-order valence-electron chi connectivity index (χ3n) is 19.7. The van der Waals surface area contributed by atoms with Crippen molar-refractivity contribution in [3.63, 3.8) is 0 Å². The summed E-state index contributed by atoms with van der Waals surface area (Å²) in [4.78, 5) is 3.96. The van der Waals surface area contributed by atoms with Crippen LogP contribution in [0.2, 0.25) is 0 Å². The van der Waals surface area contributed by atoms with Gasteiger partial charge in [0.2, 0.25) is 0 Å². The summed E-state index contributed by atoms with van der Waals surface area (Å²) in [6, 6.07) is -14.4. The van der Waals surface area contributed by atoms with Crippen LogP contribution in [-0.2, 0) is 32.1 Å². The Hall–Kier alpha value is -6.30. The Labute approximate surface area is 808 Å². The molecule has 0 aliphatic carbocycles. The van der Waals surface area contributed by atoms with Crippen molar-refractivity contribution in [2.45, 2.75) is 246 Å². The Morgan fingerprint density at radius 1 is 0.390 bits per heavy atom. The lowest BCUT2D eigenvalue weighted by Crippen LogP contribution is -2.48. The van der Waals surface area contributed by atoms with E-state index in [1.807, 2.05) is 13.8 Å². The predicted octanol–water partition coefficient (Wildman–Crippen LogP) is 16.3. The van der Waals surface area contributed by atoms with Crippen LogP contribution in [0, 0.1) is 57.6 Å². The van der Waals surface area contributed by atoms with Gasteiger partial charge >= 0.3 is 0 Å². The number of methoxy groups -OCH3 is 10. The summed E-state index contributed by atoms with van der Waals surface area (Å²) >= 11 is 0. The summed E-state index contributed by atoms with van der Waals surface area (Å²) in [5.41, 5.74) is -12.9. The Morgan fingerprint density at radius 3 is 0.949 bits per heavy atom. The van der Waals surface area contributed by atoms with E-state index >= 15 is 0 Å². The minimum absolute atomic E-state index is 0.00897. The molecule has 10 aliphatic heterocycles. The first-order chi connectivity index (χ1) is 84.0. The van der Waals surface area contributed by atoms with Crippen LogP contribution in [0.3, 0.4) is 0 Å². The van der Waals surface area contributed by atoms with Crippen molar-refractivity contribution >= 4 is 0 Å². The number of ether oxygens (including phenoxy) is 10. The van der Waals surface area contributed by atoms with Crippen LogP contribution >= 0.6 is 0 Å². The average molecular weight is 1710 g/mol. The molecule has 20 nitrogen and oxygen atoms in total. The lowest BCUT2D eigenvalue weighted by molar-refractivity contribution is -0.0259. The van der Waals surface area contributed by atoms with Gasteiger partial charge in [0, 0.05) is 161 Å². The molecule has 5 fully saturated rings. The first-order valence-corrected chi connectivity index (χ1v) is 37.6. The molecule has 20 heteroatoms. The van der Waals surface area contributed by atoms with E-state index in [0.717, 1.165) is 26.2 Å². The van der Waals surface area contributed by atoms with Crippen LogP contribution in [-0.4, -0.2) is 217 Å². The van der Waals surface area contributed by atoms with Gasteiger partial charge in [0.05, 0.1) is 133 Å². The van der Waals surface area contributed by atoms with E-state index in [-0.39, 0.29) is 148 Å². The largest absolute Gasteiger partial charge is 0.493 e. The van der Waals surface area contributed by atoms with E-state index in [1.54, 1.807) is 13.8 Å². The van der Waals surface area contributed by atoms with Gasteiger partial charge in [-0.15, -0.1) is 0 Å². The number of rotatable bonds is 17. The second-order valence-electron chi connectivity index (χ2n) is 30.0. The summed E-state index contributed by atoms with van der Waals surface area (Å²) < 4.78 is 645. The maximum atomic E-state index is 11.5. The van der Waals surface area contributed by atoms with Gasteiger partial charge < -0.3 is 72.9 Å². The van der Waals surface area contributed by atoms with E-state index in [2.05, 4.69) is 0 Å². The Morgan fingerprint density at radius 2 is 0.661 bits per heavy atom. The fourth-order valence-electron chi connectivity index (χ4n) is 14.6. The molecule has 5 aromatic carbocycles. The Balaban J connectivity index is 0.000000220. The minimum Gasteiger partial charge on any atom is -0.493 e. The highest BCUT2D eigenvalue weighted by molar-refractivity contribution is 5.54. The molecule has 0 aromatic heterocycles. The molecule has 0 radical (unpaired) electrons. The molecule has 5 N–H and O–H groups in total. The van der Waals surface area contributed by atoms with Crippen LogP contribution in [0.1, 0.15) is 337 Å². The smallest absolute Gasteiger partial charge is 0.161 e. The third-order valence-corrected chi connectivity index (χ3v) is 19.7. The number of hydrogen-bond donors (Lipinski definition) is 5. The third kappa shape index (κ3) is 22.2. The van der Waals surface area contributed by atoms with Crippen molar-refractivity contribution in [3.05, 3.63) is 116 Å². The van der Waals surface area contributed by atoms with Crippen LogP contribution in [0.5, 0.6) is 57.5 Å². The van der Waals surface area contributed by atoms with Gasteiger partial charge in [0.25, 0.3) is 0 Å². The topological polar surface area (TPSA) is 210 Å². The van der Waals surface area contributed by atoms with E-state index in [4.69, 9.17) is 145 Å². The van der Waals surface area contributed by atoms with E-state index in [9.17, 15) is 25.5 Å². The maximum absolute atomic E-state index is 11.5. The van der Waals surface area contributed by atoms with Crippen LogP contribution in [0.25, 0.3) is 0 Å². The van der Waals surface area contributed by atoms with Gasteiger partial charge in [-0.1, -0.05) is 89.6 Å². The number of aliphatic hydroxyl groups is 5. The molecule has 0 saturated carbocycles. The number of piperidine rings is 5. The number of fused-ring (bicyclic) bond motifs is 15. The van der Waals surface area contributed by atoms with E-state index < -0.39 is 355 Å². The van der Waals surface area contributed by atoms with Crippen molar-refractivity contribution in [2.24, 2.45) is 57.6 Å². The fourth-order valence-corrected chi connectivity index (χ4v) is 14.6. The second kappa shape index (κ2) is 39.9. The number of nitrogens with zero attached hydrogens (tertiary/aromatic N) is 5. The highest BCUT2D eigenvalue weighted by atomic mass is 16.5. The first-order valence-electron chi connectivity index (χ1n) is 73.1. The molecule has 15 rings (SSSR count). The standard InChI is InChI=1S/3C20H31NO3.2C19H29NO3/c3*1-20(2,3)11-14-12-21-7-6-13-8-18(23-4)19(24-5)9-15(13)16(21)10-17(14)22;2*1-12(2)7-14-11-20-6-5-13-8-18(22-3)19(23-4)9-15(13)16(20)10-17(14)21/h3*8-9,14,16-17,22H,6-7,10-12H2,1-5H3;2*8-9,12,14,16-17,21H,5-7,10-11H2,1-4H3/i2*1D3,2D3,5D3,8D,9D,10D2,11D2,12D2,14D,17D;1D3,2D3,8D,9D,10D2,11D2,12D2,14D,17D;4D3,8D,9D,10D2,11D2,14D,17D;5D2,6D2,8D,9D. The predicted molar refractivity (Wildman–Crippen MR) is 470 cm³/mol. The lowest BCUT2D eigenvalue weighted by atomic mass is 9.75. The molecule has 5 aromatic rings. The Kier molecular flexibility index (Phi) is 12.5. The van der Waals surface area contributed by atoms with Gasteiger partial charge in [-0.05, 0) is 270 Å². The second-order valence-corrected chi connectivity index (χ2v) is 30.0. The normalized spacial score (nSPS) is 46.8. The lowest BCUT2D eigenvalue weighted by Gasteiger charge is -2.47. The van der Waals surface area contributed by atoms with Gasteiger partial charge in [-0.25, -0.2) is 0 Å². The minimum atomic E-state index is -4.29. The van der Waals surface area contributed by atoms with Crippen molar-refractivity contribution in [2.75, 3.05) is 136 Å². The van der Waals surface area contributed by atoms with E-state index in [1.165, 1.54) is 33.3 Å². The highest BCUT2D eigenvalue weighted by Gasteiger charge is 2.46. The molecule has 10 aliphatic rings. The van der Waals surface area contributed by atoms with Gasteiger partial charge in [0.15, 0.2) is 57.5 Å². The maximum Gasteiger partial charge on any atom is 0.161 e. The van der Waals surface area contributed by atoms with Crippen LogP contribution < -0.4 is 47.4 Å². The molecule has 118 heavy (non-hydrogen) atoms. The average Bonchev–Trinajstić information content (AvgIpc) is 0.647. The summed E-state index contributed by atoms with van der Waals surface area (Å²) in [6.07, 6.45) is -46.2. The SMILES string of the molecule is [2H]c1c(OC)c(OC)c([2H])c2c1C1CC(O)C(CC(C)C)CN1C([2H])([2H])C2([2H])[2H].[2H]c1c2c(c([2H])c(OC([2H])([2H])[2H])c1OC)C1N(CC2)C([2H])([2H])C([2H])(C([2H])([2H])C(C)(C([2H])([2H])[2H])C([2H])([2H])[2H])C([2H])(O)C1([2H])[2H].[2H]c1c2c(c([2H])c(OC([2H])([2H])[2H])c1OC)C1N(CC2)C([2H])([2H])C([2H])(C([2H])([2H])C(C)(C([2H])([2H])[2H])C([2H])([2H])[2H])C([2H])(O)C1([2H])[2H].[2H]c1c2c(c([2H])c(OC([2H])([2H])[2H])c1OC)C1N(CC2)C([2H])([2H])C([2H])(CC(C)C)C([2H])(O)C1([2H])[2H].[2H]c1c2c(c([2H])c(OC)c1OC)C1N(CC2)C([2H])([2H])C([2H])(C([2H])([2H])C(C)(C([2H])([2H])[2H])C([2H])([2H])[2H])C([2H])(O)C1([2H])[2H]. The monoisotopic (exact) mass is 1710 g/mol. The van der Waals surface area contributed by atoms with E-state index in [0.29, 0.717) is 47.8 Å².